The van der Waals surface area contributed by atoms with Gasteiger partial charge in [0.1, 0.15) is 0 Å². The summed E-state index contributed by atoms with van der Waals surface area (Å²) >= 11 is 0. The van der Waals surface area contributed by atoms with Crippen LogP contribution in [-0.4, -0.2) is 43.3 Å². The first-order valence-electron chi connectivity index (χ1n) is 7.20. The van der Waals surface area contributed by atoms with Gasteiger partial charge in [0.05, 0.1) is 13.2 Å². The van der Waals surface area contributed by atoms with Gasteiger partial charge in [-0.1, -0.05) is 12.1 Å². The summed E-state index contributed by atoms with van der Waals surface area (Å²) < 4.78 is 5.36. The molecule has 1 aliphatic rings. The number of rotatable bonds is 4. The van der Waals surface area contributed by atoms with Gasteiger partial charge in [-0.2, -0.15) is 0 Å². The lowest BCUT2D eigenvalue weighted by Gasteiger charge is -2.26. The number of hydrogen-bond donors (Lipinski definition) is 1. The zero-order valence-electron chi connectivity index (χ0n) is 12.4. The number of nitrogens with zero attached hydrogens (tertiary/aromatic N) is 1. The quantitative estimate of drug-likeness (QED) is 0.903. The summed E-state index contributed by atoms with van der Waals surface area (Å²) in [6.07, 6.45) is 1.12. The minimum Gasteiger partial charge on any atom is -0.380 e. The third-order valence-corrected chi connectivity index (χ3v) is 3.29. The van der Waals surface area contributed by atoms with Gasteiger partial charge in [-0.25, -0.2) is 0 Å². The van der Waals surface area contributed by atoms with Gasteiger partial charge >= 0.3 is 0 Å². The Labute approximate surface area is 116 Å². The molecule has 0 radical (unpaired) electrons. The predicted octanol–water partition coefficient (Wildman–Crippen LogP) is 2.77. The molecule has 2 rings (SSSR count). The first-order chi connectivity index (χ1) is 9.03. The van der Waals surface area contributed by atoms with Gasteiger partial charge in [-0.15, -0.1) is 0 Å². The fourth-order valence-electron chi connectivity index (χ4n) is 2.30. The first-order valence-corrected chi connectivity index (χ1v) is 7.20. The molecule has 1 heterocycles. The molecule has 106 valence electrons. The van der Waals surface area contributed by atoms with Crippen LogP contribution in [0.25, 0.3) is 0 Å². The lowest BCUT2D eigenvalue weighted by Crippen LogP contribution is -2.37. The number of anilines is 1. The molecule has 0 unspecified atom stereocenters. The molecule has 3 nitrogen and oxygen atoms in total. The summed E-state index contributed by atoms with van der Waals surface area (Å²) in [7, 11) is 0. The molecule has 0 aliphatic carbocycles. The molecule has 0 aromatic heterocycles. The van der Waals surface area contributed by atoms with Crippen LogP contribution in [0.4, 0.5) is 5.69 Å². The van der Waals surface area contributed by atoms with E-state index < -0.39 is 0 Å². The van der Waals surface area contributed by atoms with Gasteiger partial charge in [0.15, 0.2) is 0 Å². The molecular formula is C16H26N2O. The Hall–Kier alpha value is -1.06. The molecule has 1 fully saturated rings. The largest absolute Gasteiger partial charge is 0.380 e. The van der Waals surface area contributed by atoms with Crippen LogP contribution in [0, 0.1) is 0 Å². The van der Waals surface area contributed by atoms with Crippen molar-refractivity contribution in [1.29, 1.82) is 0 Å². The van der Waals surface area contributed by atoms with Crippen molar-refractivity contribution in [3.8, 4) is 0 Å². The van der Waals surface area contributed by atoms with Crippen LogP contribution in [-0.2, 0) is 11.2 Å². The van der Waals surface area contributed by atoms with Crippen LogP contribution in [0.3, 0.4) is 0 Å². The molecule has 0 amide bonds. The van der Waals surface area contributed by atoms with Crippen molar-refractivity contribution < 1.29 is 4.74 Å². The van der Waals surface area contributed by atoms with E-state index in [2.05, 4.69) is 55.3 Å². The standard InChI is InChI=1S/C16H26N2O/c1-16(2,3)17-15-6-4-14(5-7-15)8-9-18-10-12-19-13-11-18/h4-7,17H,8-13H2,1-3H3. The van der Waals surface area contributed by atoms with E-state index in [-0.39, 0.29) is 5.54 Å². The fraction of sp³-hybridized carbons (Fsp3) is 0.625. The first kappa shape index (κ1) is 14.4. The molecule has 0 atom stereocenters. The summed E-state index contributed by atoms with van der Waals surface area (Å²) in [4.78, 5) is 2.48. The van der Waals surface area contributed by atoms with Gasteiger partial charge in [-0.3, -0.25) is 4.90 Å². The van der Waals surface area contributed by atoms with Crippen molar-refractivity contribution in [3.63, 3.8) is 0 Å². The molecule has 1 saturated heterocycles. The minimum atomic E-state index is 0.120. The maximum atomic E-state index is 5.36. The monoisotopic (exact) mass is 262 g/mol. The summed E-state index contributed by atoms with van der Waals surface area (Å²) in [6.45, 7) is 11.6. The number of morpholine rings is 1. The Balaban J connectivity index is 1.81. The number of ether oxygens (including phenoxy) is 1. The Morgan fingerprint density at radius 3 is 2.32 bits per heavy atom. The molecule has 0 spiro atoms. The zero-order valence-corrected chi connectivity index (χ0v) is 12.4. The Morgan fingerprint density at radius 2 is 1.74 bits per heavy atom. The molecule has 1 aromatic rings. The van der Waals surface area contributed by atoms with Crippen LogP contribution in [0.5, 0.6) is 0 Å². The van der Waals surface area contributed by atoms with E-state index in [1.165, 1.54) is 11.3 Å². The Bertz CT molecular complexity index is 375. The smallest absolute Gasteiger partial charge is 0.0594 e. The van der Waals surface area contributed by atoms with E-state index in [1.54, 1.807) is 0 Å². The van der Waals surface area contributed by atoms with Crippen molar-refractivity contribution in [2.45, 2.75) is 32.7 Å². The molecule has 0 bridgehead atoms. The Morgan fingerprint density at radius 1 is 1.11 bits per heavy atom. The average molecular weight is 262 g/mol. The zero-order chi connectivity index (χ0) is 13.7. The highest BCUT2D eigenvalue weighted by Crippen LogP contribution is 2.15. The third kappa shape index (κ3) is 5.21. The lowest BCUT2D eigenvalue weighted by molar-refractivity contribution is 0.0384. The Kier molecular flexibility index (Phi) is 4.83. The second kappa shape index (κ2) is 6.40. The average Bonchev–Trinajstić information content (AvgIpc) is 2.37. The van der Waals surface area contributed by atoms with Crippen LogP contribution in [0.15, 0.2) is 24.3 Å². The van der Waals surface area contributed by atoms with E-state index in [9.17, 15) is 0 Å². The second-order valence-corrected chi connectivity index (χ2v) is 6.28. The van der Waals surface area contributed by atoms with Crippen molar-refractivity contribution in [2.75, 3.05) is 38.2 Å². The van der Waals surface area contributed by atoms with Crippen LogP contribution in [0.2, 0.25) is 0 Å². The molecule has 1 N–H and O–H groups in total. The minimum absolute atomic E-state index is 0.120. The van der Waals surface area contributed by atoms with Gasteiger partial charge in [-0.05, 0) is 44.9 Å². The summed E-state index contributed by atoms with van der Waals surface area (Å²) in [6, 6.07) is 8.82. The highest BCUT2D eigenvalue weighted by molar-refractivity contribution is 5.46. The van der Waals surface area contributed by atoms with Gasteiger partial charge in [0, 0.05) is 30.9 Å². The topological polar surface area (TPSA) is 24.5 Å². The SMILES string of the molecule is CC(C)(C)Nc1ccc(CCN2CCOCC2)cc1. The van der Waals surface area contributed by atoms with Crippen LogP contribution < -0.4 is 5.32 Å². The van der Waals surface area contributed by atoms with Crippen molar-refractivity contribution in [1.82, 2.24) is 4.90 Å². The molecule has 0 saturated carbocycles. The fourth-order valence-corrected chi connectivity index (χ4v) is 2.30. The van der Waals surface area contributed by atoms with Gasteiger partial charge in [0.25, 0.3) is 0 Å². The van der Waals surface area contributed by atoms with E-state index in [4.69, 9.17) is 4.74 Å². The molecule has 19 heavy (non-hydrogen) atoms. The van der Waals surface area contributed by atoms with Crippen LogP contribution in [0.1, 0.15) is 26.3 Å². The maximum absolute atomic E-state index is 5.36. The number of nitrogens with one attached hydrogen (secondary N) is 1. The van der Waals surface area contributed by atoms with E-state index in [0.717, 1.165) is 39.3 Å². The van der Waals surface area contributed by atoms with E-state index in [1.807, 2.05) is 0 Å². The lowest BCUT2D eigenvalue weighted by atomic mass is 10.1. The maximum Gasteiger partial charge on any atom is 0.0594 e. The molecule has 1 aliphatic heterocycles. The highest BCUT2D eigenvalue weighted by Gasteiger charge is 2.11. The summed E-state index contributed by atoms with van der Waals surface area (Å²) in [5.74, 6) is 0. The number of hydrogen-bond acceptors (Lipinski definition) is 3. The van der Waals surface area contributed by atoms with Crippen molar-refractivity contribution in [3.05, 3.63) is 29.8 Å². The normalized spacial score (nSPS) is 17.4. The highest BCUT2D eigenvalue weighted by atomic mass is 16.5. The van der Waals surface area contributed by atoms with E-state index in [0.29, 0.717) is 0 Å². The van der Waals surface area contributed by atoms with Gasteiger partial charge in [0.2, 0.25) is 0 Å². The molecular weight excluding hydrogens is 236 g/mol. The molecule has 3 heteroatoms. The summed E-state index contributed by atoms with van der Waals surface area (Å²) in [5, 5.41) is 3.49. The van der Waals surface area contributed by atoms with E-state index >= 15 is 0 Å². The van der Waals surface area contributed by atoms with Crippen LogP contribution >= 0.6 is 0 Å². The third-order valence-electron chi connectivity index (χ3n) is 3.29. The van der Waals surface area contributed by atoms with Crippen molar-refractivity contribution in [2.24, 2.45) is 0 Å². The molecule has 1 aromatic carbocycles. The second-order valence-electron chi connectivity index (χ2n) is 6.28. The predicted molar refractivity (Wildman–Crippen MR) is 80.8 cm³/mol. The number of benzene rings is 1. The van der Waals surface area contributed by atoms with Gasteiger partial charge < -0.3 is 10.1 Å². The summed E-state index contributed by atoms with van der Waals surface area (Å²) in [5.41, 5.74) is 2.73. The van der Waals surface area contributed by atoms with Crippen molar-refractivity contribution >= 4 is 5.69 Å².